The summed E-state index contributed by atoms with van der Waals surface area (Å²) in [6.45, 7) is -0.0220. The van der Waals surface area contributed by atoms with Gasteiger partial charge in [0.25, 0.3) is 0 Å². The zero-order chi connectivity index (χ0) is 19.2. The van der Waals surface area contributed by atoms with Gasteiger partial charge in [-0.1, -0.05) is 17.3 Å². The Morgan fingerprint density at radius 1 is 0.926 bits per heavy atom. The predicted molar refractivity (Wildman–Crippen MR) is 97.2 cm³/mol. The maximum atomic E-state index is 12.3. The number of ether oxygens (including phenoxy) is 4. The molecule has 0 atom stereocenters. The normalized spacial score (nSPS) is 10.3. The van der Waals surface area contributed by atoms with Crippen molar-refractivity contribution in [3.8, 4) is 28.6 Å². The van der Waals surface area contributed by atoms with Crippen molar-refractivity contribution in [2.45, 2.75) is 6.61 Å². The van der Waals surface area contributed by atoms with Crippen LogP contribution in [0.1, 0.15) is 16.1 Å². The molecule has 0 aliphatic heterocycles. The standard InChI is InChI=1S/C20H19NO6/c1-23-16-6-4-5-13(7-16)19-10-15(21-27-19)12-26-20(22)14-8-17(24-2)11-18(9-14)25-3/h4-11H,12H2,1-3H3. The lowest BCUT2D eigenvalue weighted by Gasteiger charge is -2.08. The second kappa shape index (κ2) is 8.27. The molecule has 3 aromatic rings. The molecule has 0 bridgehead atoms. The molecule has 7 nitrogen and oxygen atoms in total. The number of esters is 1. The van der Waals surface area contributed by atoms with Gasteiger partial charge in [0.05, 0.1) is 26.9 Å². The number of carbonyl (C=O) groups excluding carboxylic acids is 1. The number of aromatic nitrogens is 1. The summed E-state index contributed by atoms with van der Waals surface area (Å²) in [6.07, 6.45) is 0. The molecule has 0 saturated carbocycles. The number of carbonyl (C=O) groups is 1. The fourth-order valence-electron chi connectivity index (χ4n) is 2.44. The summed E-state index contributed by atoms with van der Waals surface area (Å²) in [5.74, 6) is 1.76. The minimum atomic E-state index is -0.516. The van der Waals surface area contributed by atoms with Crippen molar-refractivity contribution < 1.29 is 28.3 Å². The van der Waals surface area contributed by atoms with E-state index in [9.17, 15) is 4.79 Å². The van der Waals surface area contributed by atoms with E-state index in [0.29, 0.717) is 34.3 Å². The molecule has 0 aliphatic rings. The maximum absolute atomic E-state index is 12.3. The number of benzene rings is 2. The van der Waals surface area contributed by atoms with Crippen molar-refractivity contribution >= 4 is 5.97 Å². The SMILES string of the molecule is COc1cc(OC)cc(C(=O)OCc2cc(-c3cccc(OC)c3)on2)c1. The Morgan fingerprint density at radius 3 is 2.30 bits per heavy atom. The smallest absolute Gasteiger partial charge is 0.338 e. The Labute approximate surface area is 156 Å². The summed E-state index contributed by atoms with van der Waals surface area (Å²) >= 11 is 0. The molecular formula is C20H19NO6. The first-order valence-corrected chi connectivity index (χ1v) is 8.13. The molecule has 1 aromatic heterocycles. The van der Waals surface area contributed by atoms with Crippen LogP contribution in [0.15, 0.2) is 53.1 Å². The molecule has 27 heavy (non-hydrogen) atoms. The van der Waals surface area contributed by atoms with Crippen LogP contribution in [-0.2, 0) is 11.3 Å². The van der Waals surface area contributed by atoms with E-state index in [0.717, 1.165) is 5.56 Å². The molecule has 0 radical (unpaired) electrons. The zero-order valence-electron chi connectivity index (χ0n) is 15.2. The first-order chi connectivity index (χ1) is 13.1. The minimum Gasteiger partial charge on any atom is -0.497 e. The molecule has 3 rings (SSSR count). The van der Waals surface area contributed by atoms with Gasteiger partial charge in [0.1, 0.15) is 29.5 Å². The van der Waals surface area contributed by atoms with Gasteiger partial charge in [-0.15, -0.1) is 0 Å². The Hall–Kier alpha value is -3.48. The van der Waals surface area contributed by atoms with E-state index in [2.05, 4.69) is 5.16 Å². The molecule has 7 heteroatoms. The minimum absolute atomic E-state index is 0.0220. The van der Waals surface area contributed by atoms with Crippen LogP contribution >= 0.6 is 0 Å². The molecular weight excluding hydrogens is 350 g/mol. The summed E-state index contributed by atoms with van der Waals surface area (Å²) in [6, 6.07) is 13.9. The average molecular weight is 369 g/mol. The van der Waals surface area contributed by atoms with Crippen LogP contribution in [0.3, 0.4) is 0 Å². The summed E-state index contributed by atoms with van der Waals surface area (Å²) in [7, 11) is 4.62. The largest absolute Gasteiger partial charge is 0.497 e. The second-order valence-corrected chi connectivity index (χ2v) is 5.59. The molecule has 0 spiro atoms. The van der Waals surface area contributed by atoms with Crippen molar-refractivity contribution in [1.29, 1.82) is 0 Å². The van der Waals surface area contributed by atoms with Crippen LogP contribution in [0.25, 0.3) is 11.3 Å². The molecule has 140 valence electrons. The molecule has 0 aliphatic carbocycles. The van der Waals surface area contributed by atoms with E-state index < -0.39 is 5.97 Å². The quantitative estimate of drug-likeness (QED) is 0.587. The van der Waals surface area contributed by atoms with E-state index in [1.54, 1.807) is 31.4 Å². The zero-order valence-corrected chi connectivity index (χ0v) is 15.2. The topological polar surface area (TPSA) is 80.0 Å². The molecule has 0 amide bonds. The fourth-order valence-corrected chi connectivity index (χ4v) is 2.44. The number of hydrogen-bond donors (Lipinski definition) is 0. The van der Waals surface area contributed by atoms with Crippen molar-refractivity contribution in [3.63, 3.8) is 0 Å². The van der Waals surface area contributed by atoms with Gasteiger partial charge in [0.15, 0.2) is 5.76 Å². The molecule has 2 aromatic carbocycles. The molecule has 0 saturated heterocycles. The van der Waals surface area contributed by atoms with Crippen molar-refractivity contribution in [3.05, 3.63) is 59.8 Å². The first kappa shape index (κ1) is 18.3. The lowest BCUT2D eigenvalue weighted by molar-refractivity contribution is 0.0463. The monoisotopic (exact) mass is 369 g/mol. The van der Waals surface area contributed by atoms with E-state index >= 15 is 0 Å². The van der Waals surface area contributed by atoms with Gasteiger partial charge < -0.3 is 23.5 Å². The fraction of sp³-hybridized carbons (Fsp3) is 0.200. The van der Waals surface area contributed by atoms with E-state index in [4.69, 9.17) is 23.5 Å². The Bertz CT molecular complexity index is 911. The Kier molecular flexibility index (Phi) is 5.61. The highest BCUT2D eigenvalue weighted by Gasteiger charge is 2.14. The third-order valence-corrected chi connectivity index (χ3v) is 3.85. The summed E-state index contributed by atoms with van der Waals surface area (Å²) in [5, 5.41) is 3.94. The number of rotatable bonds is 7. The third-order valence-electron chi connectivity index (χ3n) is 3.85. The van der Waals surface area contributed by atoms with Crippen LogP contribution in [0.5, 0.6) is 17.2 Å². The van der Waals surface area contributed by atoms with Crippen molar-refractivity contribution in [1.82, 2.24) is 5.16 Å². The molecule has 0 N–H and O–H groups in total. The highest BCUT2D eigenvalue weighted by molar-refractivity contribution is 5.90. The van der Waals surface area contributed by atoms with E-state index in [1.807, 2.05) is 24.3 Å². The highest BCUT2D eigenvalue weighted by Crippen LogP contribution is 2.25. The van der Waals surface area contributed by atoms with Crippen LogP contribution in [0.4, 0.5) is 0 Å². The van der Waals surface area contributed by atoms with Crippen molar-refractivity contribution in [2.75, 3.05) is 21.3 Å². The average Bonchev–Trinajstić information content (AvgIpc) is 3.20. The van der Waals surface area contributed by atoms with Gasteiger partial charge in [-0.3, -0.25) is 0 Å². The van der Waals surface area contributed by atoms with Gasteiger partial charge in [0.2, 0.25) is 0 Å². The number of hydrogen-bond acceptors (Lipinski definition) is 7. The van der Waals surface area contributed by atoms with Gasteiger partial charge in [-0.05, 0) is 24.3 Å². The lowest BCUT2D eigenvalue weighted by atomic mass is 10.1. The first-order valence-electron chi connectivity index (χ1n) is 8.13. The number of nitrogens with zero attached hydrogens (tertiary/aromatic N) is 1. The maximum Gasteiger partial charge on any atom is 0.338 e. The highest BCUT2D eigenvalue weighted by atomic mass is 16.5. The van der Waals surface area contributed by atoms with Crippen LogP contribution < -0.4 is 14.2 Å². The van der Waals surface area contributed by atoms with E-state index in [1.165, 1.54) is 14.2 Å². The summed E-state index contributed by atoms with van der Waals surface area (Å²) < 4.78 is 26.1. The molecule has 0 fully saturated rings. The summed E-state index contributed by atoms with van der Waals surface area (Å²) in [4.78, 5) is 12.3. The Balaban J connectivity index is 1.68. The van der Waals surface area contributed by atoms with E-state index in [-0.39, 0.29) is 6.61 Å². The van der Waals surface area contributed by atoms with Gasteiger partial charge in [0, 0.05) is 17.7 Å². The molecule has 0 unspecified atom stereocenters. The third kappa shape index (κ3) is 4.38. The van der Waals surface area contributed by atoms with Crippen LogP contribution in [-0.4, -0.2) is 32.5 Å². The lowest BCUT2D eigenvalue weighted by Crippen LogP contribution is -2.06. The van der Waals surface area contributed by atoms with Crippen molar-refractivity contribution in [2.24, 2.45) is 0 Å². The predicted octanol–water partition coefficient (Wildman–Crippen LogP) is 3.72. The van der Waals surface area contributed by atoms with Crippen LogP contribution in [0.2, 0.25) is 0 Å². The Morgan fingerprint density at radius 2 is 1.63 bits per heavy atom. The van der Waals surface area contributed by atoms with Gasteiger partial charge >= 0.3 is 5.97 Å². The number of methoxy groups -OCH3 is 3. The summed E-state index contributed by atoms with van der Waals surface area (Å²) in [5.41, 5.74) is 1.63. The van der Waals surface area contributed by atoms with Gasteiger partial charge in [-0.2, -0.15) is 0 Å². The van der Waals surface area contributed by atoms with Gasteiger partial charge in [-0.25, -0.2) is 4.79 Å². The second-order valence-electron chi connectivity index (χ2n) is 5.59. The van der Waals surface area contributed by atoms with Crippen LogP contribution in [0, 0.1) is 0 Å². The molecule has 1 heterocycles.